The summed E-state index contributed by atoms with van der Waals surface area (Å²) in [4.78, 5) is 11.0. The van der Waals surface area contributed by atoms with E-state index in [1.54, 1.807) is 35.6 Å². The topological polar surface area (TPSA) is 92.9 Å². The number of carbonyl (C=O) groups is 1. The Bertz CT molecular complexity index is 587. The molecule has 0 amide bonds. The van der Waals surface area contributed by atoms with Crippen molar-refractivity contribution in [1.29, 1.82) is 0 Å². The van der Waals surface area contributed by atoms with Gasteiger partial charge in [-0.2, -0.15) is 0 Å². The lowest BCUT2D eigenvalue weighted by Gasteiger charge is -2.07. The van der Waals surface area contributed by atoms with Crippen LogP contribution < -0.4 is 5.32 Å². The summed E-state index contributed by atoms with van der Waals surface area (Å²) >= 11 is 1.55. The molecule has 0 aliphatic rings. The zero-order chi connectivity index (χ0) is 14.4. The Labute approximate surface area is 120 Å². The molecule has 0 aliphatic heterocycles. The lowest BCUT2D eigenvalue weighted by atomic mass is 10.1. The molecule has 0 fully saturated rings. The van der Waals surface area contributed by atoms with Crippen molar-refractivity contribution in [2.24, 2.45) is 7.05 Å². The standard InChI is InChI=1S/C12H15N5O2S/c1-17-12(14-15-16-17)20-7-6-13-8-9-4-2-3-5-10(9)11(18)19/h2-5,13H,6-8H2,1H3,(H,18,19). The average Bonchev–Trinajstić information content (AvgIpc) is 2.84. The van der Waals surface area contributed by atoms with Crippen molar-refractivity contribution in [3.05, 3.63) is 35.4 Å². The molecule has 2 N–H and O–H groups in total. The van der Waals surface area contributed by atoms with Gasteiger partial charge in [-0.1, -0.05) is 30.0 Å². The van der Waals surface area contributed by atoms with Crippen LogP contribution in [-0.2, 0) is 13.6 Å². The molecule has 2 rings (SSSR count). The lowest BCUT2D eigenvalue weighted by molar-refractivity contribution is 0.0695. The Morgan fingerprint density at radius 3 is 2.95 bits per heavy atom. The van der Waals surface area contributed by atoms with E-state index in [-0.39, 0.29) is 0 Å². The van der Waals surface area contributed by atoms with Gasteiger partial charge < -0.3 is 10.4 Å². The summed E-state index contributed by atoms with van der Waals surface area (Å²) < 4.78 is 1.62. The van der Waals surface area contributed by atoms with Crippen LogP contribution in [0.15, 0.2) is 29.4 Å². The second-order valence-electron chi connectivity index (χ2n) is 4.07. The number of thioether (sulfide) groups is 1. The van der Waals surface area contributed by atoms with Crippen LogP contribution >= 0.6 is 11.8 Å². The van der Waals surface area contributed by atoms with Crippen molar-refractivity contribution in [3.63, 3.8) is 0 Å². The van der Waals surface area contributed by atoms with Crippen LogP contribution in [0, 0.1) is 0 Å². The summed E-state index contributed by atoms with van der Waals surface area (Å²) in [7, 11) is 1.79. The molecule has 1 aromatic heterocycles. The molecule has 8 heteroatoms. The molecule has 1 aromatic carbocycles. The maximum Gasteiger partial charge on any atom is 0.336 e. The summed E-state index contributed by atoms with van der Waals surface area (Å²) in [5.41, 5.74) is 1.12. The molecular weight excluding hydrogens is 278 g/mol. The van der Waals surface area contributed by atoms with E-state index in [9.17, 15) is 4.79 Å². The van der Waals surface area contributed by atoms with Crippen LogP contribution in [0.3, 0.4) is 0 Å². The maximum atomic E-state index is 11.0. The molecule has 0 unspecified atom stereocenters. The fourth-order valence-corrected chi connectivity index (χ4v) is 2.41. The van der Waals surface area contributed by atoms with Gasteiger partial charge in [-0.05, 0) is 22.1 Å². The molecule has 106 valence electrons. The van der Waals surface area contributed by atoms with Crippen LogP contribution in [0.2, 0.25) is 0 Å². The van der Waals surface area contributed by atoms with E-state index in [1.165, 1.54) is 0 Å². The number of tetrazole rings is 1. The lowest BCUT2D eigenvalue weighted by Crippen LogP contribution is -2.18. The van der Waals surface area contributed by atoms with Crippen molar-refractivity contribution in [1.82, 2.24) is 25.5 Å². The highest BCUT2D eigenvalue weighted by molar-refractivity contribution is 7.99. The third-order valence-electron chi connectivity index (χ3n) is 2.65. The molecule has 20 heavy (non-hydrogen) atoms. The summed E-state index contributed by atoms with van der Waals surface area (Å²) in [6, 6.07) is 6.99. The Hall–Kier alpha value is -1.93. The third kappa shape index (κ3) is 3.78. The molecular formula is C12H15N5O2S. The predicted molar refractivity (Wildman–Crippen MR) is 74.6 cm³/mol. The first kappa shape index (κ1) is 14.5. The fourth-order valence-electron chi connectivity index (χ4n) is 1.66. The number of aromatic carboxylic acids is 1. The number of hydrogen-bond donors (Lipinski definition) is 2. The normalized spacial score (nSPS) is 10.7. The number of nitrogens with one attached hydrogen (secondary N) is 1. The summed E-state index contributed by atoms with van der Waals surface area (Å²) in [5.74, 6) is -0.0920. The number of aryl methyl sites for hydroxylation is 1. The Kier molecular flexibility index (Phi) is 5.08. The Balaban J connectivity index is 1.76. The predicted octanol–water partition coefficient (Wildman–Crippen LogP) is 0.790. The minimum absolute atomic E-state index is 0.338. The molecule has 0 saturated heterocycles. The van der Waals surface area contributed by atoms with Crippen LogP contribution in [-0.4, -0.2) is 43.6 Å². The van der Waals surface area contributed by atoms with E-state index in [0.29, 0.717) is 12.1 Å². The number of carboxylic acids is 1. The number of carboxylic acid groups (broad SMARTS) is 1. The molecule has 0 atom stereocenters. The first-order valence-corrected chi connectivity index (χ1v) is 7.04. The summed E-state index contributed by atoms with van der Waals surface area (Å²) in [6.45, 7) is 1.27. The average molecular weight is 293 g/mol. The number of benzene rings is 1. The van der Waals surface area contributed by atoms with Gasteiger partial charge in [0.1, 0.15) is 0 Å². The highest BCUT2D eigenvalue weighted by atomic mass is 32.2. The number of hydrogen-bond acceptors (Lipinski definition) is 6. The zero-order valence-corrected chi connectivity index (χ0v) is 11.8. The maximum absolute atomic E-state index is 11.0. The second-order valence-corrected chi connectivity index (χ2v) is 5.13. The third-order valence-corrected chi connectivity index (χ3v) is 3.67. The second kappa shape index (κ2) is 7.01. The van der Waals surface area contributed by atoms with Crippen molar-refractivity contribution in [3.8, 4) is 0 Å². The van der Waals surface area contributed by atoms with Gasteiger partial charge in [0.15, 0.2) is 0 Å². The smallest absolute Gasteiger partial charge is 0.336 e. The molecule has 1 heterocycles. The zero-order valence-electron chi connectivity index (χ0n) is 11.0. The van der Waals surface area contributed by atoms with E-state index in [0.717, 1.165) is 23.0 Å². The number of aromatic nitrogens is 4. The molecule has 0 aliphatic carbocycles. The van der Waals surface area contributed by atoms with Crippen molar-refractivity contribution < 1.29 is 9.90 Å². The van der Waals surface area contributed by atoms with E-state index in [1.807, 2.05) is 12.1 Å². The first-order chi connectivity index (χ1) is 9.68. The minimum Gasteiger partial charge on any atom is -0.478 e. The van der Waals surface area contributed by atoms with Gasteiger partial charge in [0.05, 0.1) is 5.56 Å². The molecule has 7 nitrogen and oxygen atoms in total. The van der Waals surface area contributed by atoms with Crippen molar-refractivity contribution >= 4 is 17.7 Å². The summed E-state index contributed by atoms with van der Waals surface area (Å²) in [6.07, 6.45) is 0. The minimum atomic E-state index is -0.901. The first-order valence-electron chi connectivity index (χ1n) is 6.05. The van der Waals surface area contributed by atoms with Crippen LogP contribution in [0.5, 0.6) is 0 Å². The molecule has 0 bridgehead atoms. The van der Waals surface area contributed by atoms with Crippen molar-refractivity contribution in [2.45, 2.75) is 11.7 Å². The van der Waals surface area contributed by atoms with E-state index < -0.39 is 5.97 Å². The van der Waals surface area contributed by atoms with Gasteiger partial charge in [-0.3, -0.25) is 0 Å². The van der Waals surface area contributed by atoms with Crippen LogP contribution in [0.4, 0.5) is 0 Å². The quantitative estimate of drug-likeness (QED) is 0.576. The molecule has 0 radical (unpaired) electrons. The van der Waals surface area contributed by atoms with E-state index in [4.69, 9.17) is 5.11 Å². The van der Waals surface area contributed by atoms with E-state index in [2.05, 4.69) is 20.8 Å². The highest BCUT2D eigenvalue weighted by Gasteiger charge is 2.08. The monoisotopic (exact) mass is 293 g/mol. The van der Waals surface area contributed by atoms with Gasteiger partial charge >= 0.3 is 5.97 Å². The van der Waals surface area contributed by atoms with Crippen molar-refractivity contribution in [2.75, 3.05) is 12.3 Å². The molecule has 0 spiro atoms. The SMILES string of the molecule is Cn1nnnc1SCCNCc1ccccc1C(=O)O. The Morgan fingerprint density at radius 2 is 2.25 bits per heavy atom. The number of rotatable bonds is 7. The Morgan fingerprint density at radius 1 is 1.45 bits per heavy atom. The van der Waals surface area contributed by atoms with Gasteiger partial charge in [-0.15, -0.1) is 5.10 Å². The van der Waals surface area contributed by atoms with Gasteiger partial charge in [0, 0.05) is 25.9 Å². The van der Waals surface area contributed by atoms with Crippen LogP contribution in [0.1, 0.15) is 15.9 Å². The number of nitrogens with zero attached hydrogens (tertiary/aromatic N) is 4. The van der Waals surface area contributed by atoms with E-state index >= 15 is 0 Å². The molecule has 0 saturated carbocycles. The highest BCUT2D eigenvalue weighted by Crippen LogP contribution is 2.11. The van der Waals surface area contributed by atoms with Gasteiger partial charge in [0.25, 0.3) is 0 Å². The largest absolute Gasteiger partial charge is 0.478 e. The fraction of sp³-hybridized carbons (Fsp3) is 0.333. The summed E-state index contributed by atoms with van der Waals surface area (Å²) in [5, 5.41) is 24.2. The van der Waals surface area contributed by atoms with Gasteiger partial charge in [0.2, 0.25) is 5.16 Å². The van der Waals surface area contributed by atoms with Gasteiger partial charge in [-0.25, -0.2) is 9.48 Å². The molecule has 2 aromatic rings. The van der Waals surface area contributed by atoms with Crippen LogP contribution in [0.25, 0.3) is 0 Å².